The number of aliphatic carboxylic acids is 1. The highest BCUT2D eigenvalue weighted by atomic mass is 19.1. The van der Waals surface area contributed by atoms with Crippen LogP contribution in [-0.4, -0.2) is 45.3 Å². The SMILES string of the molecule is O=C(N[C@@H](Cc1ccc(O)cc1)C(=O)O)c1ccc(B(O)O)cc1F. The Labute approximate surface area is 142 Å². The molecule has 0 fully saturated rings. The van der Waals surface area contributed by atoms with Crippen molar-refractivity contribution in [1.82, 2.24) is 5.32 Å². The molecule has 1 amide bonds. The fourth-order valence-electron chi connectivity index (χ4n) is 2.18. The van der Waals surface area contributed by atoms with Crippen molar-refractivity contribution in [2.45, 2.75) is 12.5 Å². The zero-order valence-electron chi connectivity index (χ0n) is 12.9. The Morgan fingerprint density at radius 3 is 2.28 bits per heavy atom. The molecule has 0 aromatic heterocycles. The number of carbonyl (C=O) groups is 2. The van der Waals surface area contributed by atoms with E-state index in [1.54, 1.807) is 0 Å². The zero-order chi connectivity index (χ0) is 18.6. The van der Waals surface area contributed by atoms with Crippen molar-refractivity contribution in [1.29, 1.82) is 0 Å². The number of amides is 1. The number of rotatable bonds is 6. The molecule has 0 saturated carbocycles. The number of phenolic OH excluding ortho intramolecular Hbond substituents is 1. The second-order valence-corrected chi connectivity index (χ2v) is 5.35. The Bertz CT molecular complexity index is 781. The van der Waals surface area contributed by atoms with Gasteiger partial charge < -0.3 is 25.6 Å². The monoisotopic (exact) mass is 347 g/mol. The Morgan fingerprint density at radius 2 is 1.76 bits per heavy atom. The maximum absolute atomic E-state index is 13.9. The third-order valence-corrected chi connectivity index (χ3v) is 3.52. The Balaban J connectivity index is 2.15. The van der Waals surface area contributed by atoms with Crippen molar-refractivity contribution in [3.05, 3.63) is 59.4 Å². The molecular formula is C16H15BFNO6. The van der Waals surface area contributed by atoms with Gasteiger partial charge in [0, 0.05) is 6.42 Å². The lowest BCUT2D eigenvalue weighted by Gasteiger charge is -2.15. The van der Waals surface area contributed by atoms with Crippen LogP contribution in [0.3, 0.4) is 0 Å². The van der Waals surface area contributed by atoms with E-state index in [0.29, 0.717) is 5.56 Å². The Morgan fingerprint density at radius 1 is 1.12 bits per heavy atom. The molecule has 7 nitrogen and oxygen atoms in total. The van der Waals surface area contributed by atoms with Gasteiger partial charge in [0.25, 0.3) is 5.91 Å². The number of carbonyl (C=O) groups excluding carboxylic acids is 1. The Hall–Kier alpha value is -2.91. The van der Waals surface area contributed by atoms with Crippen LogP contribution in [0, 0.1) is 5.82 Å². The predicted molar refractivity (Wildman–Crippen MR) is 86.9 cm³/mol. The molecule has 130 valence electrons. The first-order chi connectivity index (χ1) is 11.8. The van der Waals surface area contributed by atoms with Gasteiger partial charge in [0.15, 0.2) is 0 Å². The van der Waals surface area contributed by atoms with E-state index in [0.717, 1.165) is 18.2 Å². The van der Waals surface area contributed by atoms with Crippen molar-refractivity contribution in [3.63, 3.8) is 0 Å². The number of phenols is 1. The molecule has 0 heterocycles. The van der Waals surface area contributed by atoms with Crippen molar-refractivity contribution in [2.24, 2.45) is 0 Å². The van der Waals surface area contributed by atoms with E-state index in [1.807, 2.05) is 0 Å². The number of aromatic hydroxyl groups is 1. The van der Waals surface area contributed by atoms with E-state index < -0.39 is 36.4 Å². The molecule has 0 unspecified atom stereocenters. The number of hydrogen-bond acceptors (Lipinski definition) is 5. The van der Waals surface area contributed by atoms with Gasteiger partial charge in [0.05, 0.1) is 5.56 Å². The van der Waals surface area contributed by atoms with E-state index in [1.165, 1.54) is 24.3 Å². The first-order valence-corrected chi connectivity index (χ1v) is 7.25. The smallest absolute Gasteiger partial charge is 0.488 e. The van der Waals surface area contributed by atoms with Crippen LogP contribution in [-0.2, 0) is 11.2 Å². The average molecular weight is 347 g/mol. The minimum atomic E-state index is -1.88. The molecule has 2 aromatic carbocycles. The van der Waals surface area contributed by atoms with E-state index in [9.17, 15) is 24.2 Å². The largest absolute Gasteiger partial charge is 0.508 e. The van der Waals surface area contributed by atoms with Gasteiger partial charge >= 0.3 is 13.1 Å². The van der Waals surface area contributed by atoms with Crippen LogP contribution in [0.4, 0.5) is 4.39 Å². The lowest BCUT2D eigenvalue weighted by atomic mass is 9.80. The van der Waals surface area contributed by atoms with E-state index in [2.05, 4.69) is 5.32 Å². The molecule has 2 rings (SSSR count). The molecule has 0 aliphatic rings. The lowest BCUT2D eigenvalue weighted by Crippen LogP contribution is -2.42. The van der Waals surface area contributed by atoms with Gasteiger partial charge in [0.1, 0.15) is 17.6 Å². The molecule has 0 bridgehead atoms. The number of benzene rings is 2. The maximum Gasteiger partial charge on any atom is 0.488 e. The van der Waals surface area contributed by atoms with E-state index >= 15 is 0 Å². The van der Waals surface area contributed by atoms with Gasteiger partial charge in [-0.3, -0.25) is 4.79 Å². The quantitative estimate of drug-likeness (QED) is 0.454. The number of nitrogens with one attached hydrogen (secondary N) is 1. The van der Waals surface area contributed by atoms with E-state index in [4.69, 9.17) is 10.0 Å². The number of carboxylic acid groups (broad SMARTS) is 1. The van der Waals surface area contributed by atoms with Crippen LogP contribution in [0.5, 0.6) is 5.75 Å². The fourth-order valence-corrected chi connectivity index (χ4v) is 2.18. The van der Waals surface area contributed by atoms with Crippen molar-refractivity contribution < 1.29 is 34.2 Å². The second-order valence-electron chi connectivity index (χ2n) is 5.35. The van der Waals surface area contributed by atoms with Gasteiger partial charge in [-0.15, -0.1) is 0 Å². The molecule has 0 aliphatic carbocycles. The zero-order valence-corrected chi connectivity index (χ0v) is 12.9. The van der Waals surface area contributed by atoms with Crippen LogP contribution in [0.1, 0.15) is 15.9 Å². The topological polar surface area (TPSA) is 127 Å². The second kappa shape index (κ2) is 7.78. The van der Waals surface area contributed by atoms with Gasteiger partial charge in [0.2, 0.25) is 0 Å². The summed E-state index contributed by atoms with van der Waals surface area (Å²) < 4.78 is 13.9. The summed E-state index contributed by atoms with van der Waals surface area (Å²) >= 11 is 0. The van der Waals surface area contributed by atoms with Gasteiger partial charge in [-0.25, -0.2) is 9.18 Å². The standard InChI is InChI=1S/C16H15BFNO6/c18-13-8-10(17(24)25)3-6-12(13)15(21)19-14(16(22)23)7-9-1-4-11(20)5-2-9/h1-6,8,14,20,24-25H,7H2,(H,19,21)(H,22,23)/t14-/m0/s1. The summed E-state index contributed by atoms with van der Waals surface area (Å²) in [5, 5.41) is 38.6. The highest BCUT2D eigenvalue weighted by Gasteiger charge is 2.23. The first-order valence-electron chi connectivity index (χ1n) is 7.25. The molecule has 0 radical (unpaired) electrons. The summed E-state index contributed by atoms with van der Waals surface area (Å²) in [5.74, 6) is -3.23. The number of hydrogen-bond donors (Lipinski definition) is 5. The molecular weight excluding hydrogens is 332 g/mol. The minimum Gasteiger partial charge on any atom is -0.508 e. The molecule has 9 heteroatoms. The minimum absolute atomic E-state index is 0.0212. The number of halogens is 1. The number of carboxylic acids is 1. The van der Waals surface area contributed by atoms with Gasteiger partial charge in [-0.1, -0.05) is 18.2 Å². The van der Waals surface area contributed by atoms with Crippen molar-refractivity contribution in [3.8, 4) is 5.75 Å². The summed E-state index contributed by atoms with van der Waals surface area (Å²) in [6, 6.07) is 7.46. The molecule has 0 saturated heterocycles. The summed E-state index contributed by atoms with van der Waals surface area (Å²) in [4.78, 5) is 23.5. The average Bonchev–Trinajstić information content (AvgIpc) is 2.55. The summed E-state index contributed by atoms with van der Waals surface area (Å²) in [6.45, 7) is 0. The Kier molecular flexibility index (Phi) is 5.73. The van der Waals surface area contributed by atoms with Crippen molar-refractivity contribution >= 4 is 24.5 Å². The summed E-state index contributed by atoms with van der Waals surface area (Å²) in [5.41, 5.74) is 0.0130. The van der Waals surface area contributed by atoms with Crippen LogP contribution in [0.15, 0.2) is 42.5 Å². The fraction of sp³-hybridized carbons (Fsp3) is 0.125. The lowest BCUT2D eigenvalue weighted by molar-refractivity contribution is -0.139. The van der Waals surface area contributed by atoms with Gasteiger partial charge in [-0.05, 0) is 35.3 Å². The van der Waals surface area contributed by atoms with Crippen LogP contribution in [0.2, 0.25) is 0 Å². The first kappa shape index (κ1) is 18.4. The molecule has 0 spiro atoms. The van der Waals surface area contributed by atoms with Crippen LogP contribution >= 0.6 is 0 Å². The summed E-state index contributed by atoms with van der Waals surface area (Å²) in [6.07, 6.45) is -0.0591. The molecule has 0 aliphatic heterocycles. The van der Waals surface area contributed by atoms with Crippen LogP contribution in [0.25, 0.3) is 0 Å². The molecule has 5 N–H and O–H groups in total. The highest BCUT2D eigenvalue weighted by Crippen LogP contribution is 2.12. The van der Waals surface area contributed by atoms with Gasteiger partial charge in [-0.2, -0.15) is 0 Å². The maximum atomic E-state index is 13.9. The molecule has 25 heavy (non-hydrogen) atoms. The molecule has 2 aromatic rings. The third-order valence-electron chi connectivity index (χ3n) is 3.52. The predicted octanol–water partition coefficient (Wildman–Crippen LogP) is -0.363. The summed E-state index contributed by atoms with van der Waals surface area (Å²) in [7, 11) is -1.88. The van der Waals surface area contributed by atoms with Crippen LogP contribution < -0.4 is 10.8 Å². The van der Waals surface area contributed by atoms with Crippen molar-refractivity contribution in [2.75, 3.05) is 0 Å². The van der Waals surface area contributed by atoms with E-state index in [-0.39, 0.29) is 17.6 Å². The highest BCUT2D eigenvalue weighted by molar-refractivity contribution is 6.58. The normalized spacial score (nSPS) is 11.6. The third kappa shape index (κ3) is 4.78. The molecule has 1 atom stereocenters.